The molecule has 0 bridgehead atoms. The van der Waals surface area contributed by atoms with Crippen LogP contribution in [0.25, 0.3) is 0 Å². The minimum absolute atomic E-state index is 0.115. The number of rotatable bonds is 7. The highest BCUT2D eigenvalue weighted by atomic mass is 32.2. The molecule has 0 heterocycles. The Morgan fingerprint density at radius 1 is 1.33 bits per heavy atom. The van der Waals surface area contributed by atoms with E-state index in [1.165, 1.54) is 19.1 Å². The van der Waals surface area contributed by atoms with Crippen molar-refractivity contribution in [1.82, 2.24) is 10.0 Å². The number of nitro groups is 1. The summed E-state index contributed by atoms with van der Waals surface area (Å²) in [6, 6.07) is 3.68. The van der Waals surface area contributed by atoms with E-state index in [0.717, 1.165) is 6.07 Å². The Balaban J connectivity index is 2.76. The van der Waals surface area contributed by atoms with Crippen molar-refractivity contribution in [3.63, 3.8) is 0 Å². The third-order valence-electron chi connectivity index (χ3n) is 2.69. The highest BCUT2D eigenvalue weighted by Crippen LogP contribution is 2.21. The number of carbonyl (C=O) groups is 1. The van der Waals surface area contributed by atoms with E-state index < -0.39 is 14.9 Å². The molecule has 0 fully saturated rings. The molecule has 9 heteroatoms. The van der Waals surface area contributed by atoms with Gasteiger partial charge in [0.2, 0.25) is 15.9 Å². The Morgan fingerprint density at radius 3 is 2.57 bits per heavy atom. The second-order valence-electron chi connectivity index (χ2n) is 4.44. The highest BCUT2D eigenvalue weighted by Gasteiger charge is 2.19. The van der Waals surface area contributed by atoms with E-state index in [-0.39, 0.29) is 23.0 Å². The van der Waals surface area contributed by atoms with Gasteiger partial charge in [-0.1, -0.05) is 6.07 Å². The van der Waals surface area contributed by atoms with Crippen LogP contribution >= 0.6 is 0 Å². The molecule has 0 aliphatic rings. The summed E-state index contributed by atoms with van der Waals surface area (Å²) in [4.78, 5) is 20.6. The maximum atomic E-state index is 12.1. The van der Waals surface area contributed by atoms with Gasteiger partial charge in [0.1, 0.15) is 0 Å². The number of sulfonamides is 1. The quantitative estimate of drug-likeness (QED) is 0.436. The van der Waals surface area contributed by atoms with Gasteiger partial charge in [-0.15, -0.1) is 0 Å². The first-order valence-corrected chi connectivity index (χ1v) is 7.71. The molecule has 116 valence electrons. The van der Waals surface area contributed by atoms with Crippen LogP contribution < -0.4 is 10.0 Å². The van der Waals surface area contributed by atoms with Crippen molar-refractivity contribution >= 4 is 21.6 Å². The summed E-state index contributed by atoms with van der Waals surface area (Å²) in [6.07, 6.45) is 0.423. The molecule has 0 saturated carbocycles. The summed E-state index contributed by atoms with van der Waals surface area (Å²) >= 11 is 0. The molecule has 1 rings (SSSR count). The van der Waals surface area contributed by atoms with Gasteiger partial charge in [0.15, 0.2) is 0 Å². The summed E-state index contributed by atoms with van der Waals surface area (Å²) in [6.45, 7) is 3.42. The van der Waals surface area contributed by atoms with Gasteiger partial charge in [0.05, 0.1) is 9.82 Å². The predicted octanol–water partition coefficient (Wildman–Crippen LogP) is 0.708. The molecule has 2 N–H and O–H groups in total. The standard InChI is InChI=1S/C12H17N3O5S/c1-9-4-5-11(15(17)18)8-12(9)21(19,20)14-7-3-6-13-10(2)16/h4-5,8,14H,3,6-7H2,1-2H3,(H,13,16). The Bertz CT molecular complexity index is 642. The van der Waals surface area contributed by atoms with Crippen LogP contribution in [0.2, 0.25) is 0 Å². The normalized spacial score (nSPS) is 11.1. The van der Waals surface area contributed by atoms with Crippen LogP contribution in [-0.2, 0) is 14.8 Å². The fourth-order valence-electron chi connectivity index (χ4n) is 1.63. The largest absolute Gasteiger partial charge is 0.356 e. The molecule has 1 aromatic carbocycles. The minimum Gasteiger partial charge on any atom is -0.356 e. The smallest absolute Gasteiger partial charge is 0.270 e. The zero-order valence-electron chi connectivity index (χ0n) is 11.8. The molecule has 21 heavy (non-hydrogen) atoms. The zero-order chi connectivity index (χ0) is 16.0. The van der Waals surface area contributed by atoms with Crippen molar-refractivity contribution in [2.75, 3.05) is 13.1 Å². The summed E-state index contributed by atoms with van der Waals surface area (Å²) < 4.78 is 26.6. The van der Waals surface area contributed by atoms with Gasteiger partial charge in [-0.2, -0.15) is 0 Å². The van der Waals surface area contributed by atoms with Crippen LogP contribution in [0.5, 0.6) is 0 Å². The van der Waals surface area contributed by atoms with Crippen LogP contribution in [0, 0.1) is 17.0 Å². The average Bonchev–Trinajstić information content (AvgIpc) is 2.37. The zero-order valence-corrected chi connectivity index (χ0v) is 12.6. The second kappa shape index (κ2) is 7.14. The number of nitrogens with one attached hydrogen (secondary N) is 2. The van der Waals surface area contributed by atoms with Crippen molar-refractivity contribution in [1.29, 1.82) is 0 Å². The molecular weight excluding hydrogens is 298 g/mol. The molecular formula is C12H17N3O5S. The fraction of sp³-hybridized carbons (Fsp3) is 0.417. The Hall–Kier alpha value is -2.00. The third-order valence-corrected chi connectivity index (χ3v) is 4.29. The molecule has 0 atom stereocenters. The lowest BCUT2D eigenvalue weighted by molar-refractivity contribution is -0.385. The molecule has 0 aromatic heterocycles. The van der Waals surface area contributed by atoms with Gasteiger partial charge in [0.25, 0.3) is 5.69 Å². The van der Waals surface area contributed by atoms with Crippen molar-refractivity contribution in [2.45, 2.75) is 25.2 Å². The average molecular weight is 315 g/mol. The first kappa shape index (κ1) is 17.1. The summed E-state index contributed by atoms with van der Waals surface area (Å²) in [7, 11) is -3.81. The Kier molecular flexibility index (Phi) is 5.79. The van der Waals surface area contributed by atoms with Gasteiger partial charge < -0.3 is 5.32 Å². The summed E-state index contributed by atoms with van der Waals surface area (Å²) in [5.74, 6) is -0.188. The van der Waals surface area contributed by atoms with Crippen molar-refractivity contribution < 1.29 is 18.1 Å². The lowest BCUT2D eigenvalue weighted by Gasteiger charge is -2.09. The van der Waals surface area contributed by atoms with Crippen LogP contribution in [0.3, 0.4) is 0 Å². The van der Waals surface area contributed by atoms with Crippen LogP contribution in [0.4, 0.5) is 5.69 Å². The molecule has 0 saturated heterocycles. The number of benzene rings is 1. The van der Waals surface area contributed by atoms with Crippen molar-refractivity contribution in [3.8, 4) is 0 Å². The number of nitro benzene ring substituents is 1. The minimum atomic E-state index is -3.81. The van der Waals surface area contributed by atoms with E-state index in [9.17, 15) is 23.3 Å². The van der Waals surface area contributed by atoms with Crippen LogP contribution in [-0.4, -0.2) is 32.3 Å². The fourth-order valence-corrected chi connectivity index (χ4v) is 2.97. The molecule has 0 unspecified atom stereocenters. The summed E-state index contributed by atoms with van der Waals surface area (Å²) in [5.41, 5.74) is 0.147. The van der Waals surface area contributed by atoms with E-state index in [4.69, 9.17) is 0 Å². The molecule has 0 aliphatic carbocycles. The topological polar surface area (TPSA) is 118 Å². The lowest BCUT2D eigenvalue weighted by atomic mass is 10.2. The number of carbonyl (C=O) groups excluding carboxylic acids is 1. The molecule has 1 aromatic rings. The monoisotopic (exact) mass is 315 g/mol. The van der Waals surface area contributed by atoms with Crippen molar-refractivity contribution in [3.05, 3.63) is 33.9 Å². The summed E-state index contributed by atoms with van der Waals surface area (Å²) in [5, 5.41) is 13.2. The van der Waals surface area contributed by atoms with E-state index in [1.54, 1.807) is 6.92 Å². The first-order valence-electron chi connectivity index (χ1n) is 6.23. The lowest BCUT2D eigenvalue weighted by Crippen LogP contribution is -2.29. The van der Waals surface area contributed by atoms with Gasteiger partial charge in [-0.25, -0.2) is 13.1 Å². The van der Waals surface area contributed by atoms with Gasteiger partial charge in [-0.3, -0.25) is 14.9 Å². The highest BCUT2D eigenvalue weighted by molar-refractivity contribution is 7.89. The molecule has 8 nitrogen and oxygen atoms in total. The van der Waals surface area contributed by atoms with Gasteiger partial charge in [0, 0.05) is 32.1 Å². The third kappa shape index (κ3) is 5.12. The number of non-ortho nitro benzene ring substituents is 1. The molecule has 1 amide bonds. The molecule has 0 radical (unpaired) electrons. The van der Waals surface area contributed by atoms with E-state index in [0.29, 0.717) is 18.5 Å². The van der Waals surface area contributed by atoms with E-state index in [1.807, 2.05) is 0 Å². The number of amides is 1. The Labute approximate surface area is 122 Å². The second-order valence-corrected chi connectivity index (χ2v) is 6.18. The number of nitrogens with zero attached hydrogens (tertiary/aromatic N) is 1. The SMILES string of the molecule is CC(=O)NCCCNS(=O)(=O)c1cc([N+](=O)[O-])ccc1C. The van der Waals surface area contributed by atoms with Crippen LogP contribution in [0.15, 0.2) is 23.1 Å². The number of aryl methyl sites for hydroxylation is 1. The maximum absolute atomic E-state index is 12.1. The molecule has 0 spiro atoms. The number of hydrogen-bond donors (Lipinski definition) is 2. The van der Waals surface area contributed by atoms with Crippen LogP contribution in [0.1, 0.15) is 18.9 Å². The Morgan fingerprint density at radius 2 is 2.00 bits per heavy atom. The van der Waals surface area contributed by atoms with Gasteiger partial charge >= 0.3 is 0 Å². The molecule has 0 aliphatic heterocycles. The van der Waals surface area contributed by atoms with Crippen molar-refractivity contribution in [2.24, 2.45) is 0 Å². The predicted molar refractivity (Wildman–Crippen MR) is 76.3 cm³/mol. The van der Waals surface area contributed by atoms with Gasteiger partial charge in [-0.05, 0) is 18.9 Å². The first-order chi connectivity index (χ1) is 9.74. The number of hydrogen-bond acceptors (Lipinski definition) is 5. The van der Waals surface area contributed by atoms with E-state index in [2.05, 4.69) is 10.0 Å². The maximum Gasteiger partial charge on any atom is 0.270 e. The van der Waals surface area contributed by atoms with E-state index >= 15 is 0 Å².